The number of fused-ring (bicyclic) bond motifs is 3. The SMILES string of the molecule is C1=C2NC3CCCC=C3C2=CCC1. The number of rotatable bonds is 0. The zero-order valence-electron chi connectivity index (χ0n) is 7.84. The second kappa shape index (κ2) is 2.76. The summed E-state index contributed by atoms with van der Waals surface area (Å²) < 4.78 is 0. The fourth-order valence-corrected chi connectivity index (χ4v) is 2.60. The van der Waals surface area contributed by atoms with E-state index < -0.39 is 0 Å². The molecule has 0 aromatic rings. The van der Waals surface area contributed by atoms with Crippen LogP contribution in [0.25, 0.3) is 0 Å². The Hall–Kier alpha value is -0.980. The van der Waals surface area contributed by atoms with E-state index in [2.05, 4.69) is 23.5 Å². The highest BCUT2D eigenvalue weighted by Crippen LogP contribution is 2.37. The largest absolute Gasteiger partial charge is 0.378 e. The lowest BCUT2D eigenvalue weighted by molar-refractivity contribution is 0.583. The molecule has 0 radical (unpaired) electrons. The second-order valence-electron chi connectivity index (χ2n) is 4.10. The first-order valence-electron chi connectivity index (χ1n) is 5.33. The van der Waals surface area contributed by atoms with Gasteiger partial charge in [-0.05, 0) is 43.3 Å². The summed E-state index contributed by atoms with van der Waals surface area (Å²) in [4.78, 5) is 0. The van der Waals surface area contributed by atoms with Gasteiger partial charge in [0.25, 0.3) is 0 Å². The number of hydrogen-bond acceptors (Lipinski definition) is 1. The Morgan fingerprint density at radius 2 is 2.00 bits per heavy atom. The predicted molar refractivity (Wildman–Crippen MR) is 54.3 cm³/mol. The van der Waals surface area contributed by atoms with Crippen molar-refractivity contribution in [3.8, 4) is 0 Å². The van der Waals surface area contributed by atoms with Gasteiger partial charge in [0.15, 0.2) is 0 Å². The molecule has 68 valence electrons. The molecule has 3 aliphatic rings. The zero-order valence-corrected chi connectivity index (χ0v) is 7.84. The Morgan fingerprint density at radius 3 is 3.00 bits per heavy atom. The van der Waals surface area contributed by atoms with Crippen LogP contribution in [0.2, 0.25) is 0 Å². The zero-order chi connectivity index (χ0) is 8.67. The molecule has 1 nitrogen and oxygen atoms in total. The van der Waals surface area contributed by atoms with Crippen LogP contribution in [0.4, 0.5) is 0 Å². The van der Waals surface area contributed by atoms with Gasteiger partial charge in [0, 0.05) is 5.70 Å². The lowest BCUT2D eigenvalue weighted by Crippen LogP contribution is -2.23. The van der Waals surface area contributed by atoms with E-state index in [1.807, 2.05) is 0 Å². The molecule has 0 aromatic heterocycles. The van der Waals surface area contributed by atoms with Gasteiger partial charge in [0.2, 0.25) is 0 Å². The van der Waals surface area contributed by atoms with Crippen LogP contribution in [-0.2, 0) is 0 Å². The van der Waals surface area contributed by atoms with Crippen LogP contribution in [0.5, 0.6) is 0 Å². The summed E-state index contributed by atoms with van der Waals surface area (Å²) in [5.41, 5.74) is 4.50. The minimum Gasteiger partial charge on any atom is -0.378 e. The molecule has 1 atom stereocenters. The number of allylic oxidation sites excluding steroid dienone is 4. The van der Waals surface area contributed by atoms with Gasteiger partial charge in [-0.2, -0.15) is 0 Å². The maximum absolute atomic E-state index is 3.62. The van der Waals surface area contributed by atoms with Gasteiger partial charge in [0.05, 0.1) is 6.04 Å². The van der Waals surface area contributed by atoms with Crippen molar-refractivity contribution in [2.75, 3.05) is 0 Å². The Labute approximate surface area is 79.2 Å². The lowest BCUT2D eigenvalue weighted by atomic mass is 9.90. The molecule has 0 saturated carbocycles. The Morgan fingerprint density at radius 1 is 1.08 bits per heavy atom. The average molecular weight is 173 g/mol. The quantitative estimate of drug-likeness (QED) is 0.594. The first kappa shape index (κ1) is 7.43. The van der Waals surface area contributed by atoms with Gasteiger partial charge in [-0.3, -0.25) is 0 Å². The summed E-state index contributed by atoms with van der Waals surface area (Å²) in [6.07, 6.45) is 13.6. The van der Waals surface area contributed by atoms with E-state index in [0.717, 1.165) is 0 Å². The normalized spacial score (nSPS) is 30.8. The predicted octanol–water partition coefficient (Wildman–Crippen LogP) is 2.67. The highest BCUT2D eigenvalue weighted by Gasteiger charge is 2.30. The van der Waals surface area contributed by atoms with E-state index in [9.17, 15) is 0 Å². The molecule has 1 heteroatoms. The fraction of sp³-hybridized carbons (Fsp3) is 0.500. The Balaban J connectivity index is 2.04. The third-order valence-corrected chi connectivity index (χ3v) is 3.23. The third-order valence-electron chi connectivity index (χ3n) is 3.23. The van der Waals surface area contributed by atoms with Gasteiger partial charge < -0.3 is 5.32 Å². The van der Waals surface area contributed by atoms with Gasteiger partial charge in [0.1, 0.15) is 0 Å². The van der Waals surface area contributed by atoms with Crippen LogP contribution in [0.1, 0.15) is 32.1 Å². The highest BCUT2D eigenvalue weighted by molar-refractivity contribution is 5.55. The van der Waals surface area contributed by atoms with E-state index >= 15 is 0 Å². The van der Waals surface area contributed by atoms with Crippen LogP contribution in [0.15, 0.2) is 35.1 Å². The van der Waals surface area contributed by atoms with Crippen molar-refractivity contribution in [1.29, 1.82) is 0 Å². The first-order chi connectivity index (χ1) is 6.45. The summed E-state index contributed by atoms with van der Waals surface area (Å²) in [6.45, 7) is 0. The van der Waals surface area contributed by atoms with E-state index in [1.165, 1.54) is 43.4 Å². The van der Waals surface area contributed by atoms with E-state index in [-0.39, 0.29) is 0 Å². The molecule has 1 fully saturated rings. The molecule has 1 aliphatic heterocycles. The van der Waals surface area contributed by atoms with Crippen LogP contribution >= 0.6 is 0 Å². The topological polar surface area (TPSA) is 12.0 Å². The van der Waals surface area contributed by atoms with Crippen LogP contribution < -0.4 is 5.32 Å². The van der Waals surface area contributed by atoms with E-state index in [1.54, 1.807) is 5.57 Å². The Kier molecular flexibility index (Phi) is 1.58. The number of nitrogens with one attached hydrogen (secondary N) is 1. The summed E-state index contributed by atoms with van der Waals surface area (Å²) in [5.74, 6) is 0. The molecule has 0 bridgehead atoms. The van der Waals surface area contributed by atoms with Crippen LogP contribution in [0, 0.1) is 0 Å². The van der Waals surface area contributed by atoms with Crippen molar-refractivity contribution in [3.05, 3.63) is 35.1 Å². The summed E-state index contributed by atoms with van der Waals surface area (Å²) in [5, 5.41) is 3.62. The van der Waals surface area contributed by atoms with Crippen molar-refractivity contribution < 1.29 is 0 Å². The van der Waals surface area contributed by atoms with Crippen molar-refractivity contribution in [1.82, 2.24) is 5.32 Å². The molecule has 0 aromatic carbocycles. The first-order valence-corrected chi connectivity index (χ1v) is 5.33. The van der Waals surface area contributed by atoms with Crippen LogP contribution in [0.3, 0.4) is 0 Å². The molecule has 1 unspecified atom stereocenters. The van der Waals surface area contributed by atoms with Crippen molar-refractivity contribution in [2.45, 2.75) is 38.1 Å². The minimum atomic E-state index is 0.643. The summed E-state index contributed by atoms with van der Waals surface area (Å²) in [7, 11) is 0. The lowest BCUT2D eigenvalue weighted by Gasteiger charge is -2.16. The molecule has 0 spiro atoms. The standard InChI is InChI=1S/C12H15N/c1-3-7-11-9(5-1)10-6-2-4-8-12(10)13-11/h5-7,12-13H,1-4,8H2. The molecule has 1 saturated heterocycles. The summed E-state index contributed by atoms with van der Waals surface area (Å²) >= 11 is 0. The molecule has 1 heterocycles. The van der Waals surface area contributed by atoms with Gasteiger partial charge >= 0.3 is 0 Å². The highest BCUT2D eigenvalue weighted by atomic mass is 15.0. The molecule has 3 rings (SSSR count). The minimum absolute atomic E-state index is 0.643. The molecular weight excluding hydrogens is 158 g/mol. The van der Waals surface area contributed by atoms with Crippen molar-refractivity contribution in [2.24, 2.45) is 0 Å². The maximum Gasteiger partial charge on any atom is 0.0517 e. The van der Waals surface area contributed by atoms with Crippen LogP contribution in [-0.4, -0.2) is 6.04 Å². The number of hydrogen-bond donors (Lipinski definition) is 1. The molecule has 0 amide bonds. The van der Waals surface area contributed by atoms with Crippen molar-refractivity contribution >= 4 is 0 Å². The molecule has 2 aliphatic carbocycles. The fourth-order valence-electron chi connectivity index (χ4n) is 2.60. The van der Waals surface area contributed by atoms with Gasteiger partial charge in [-0.15, -0.1) is 0 Å². The monoisotopic (exact) mass is 173 g/mol. The van der Waals surface area contributed by atoms with E-state index in [0.29, 0.717) is 6.04 Å². The second-order valence-corrected chi connectivity index (χ2v) is 4.10. The Bertz CT molecular complexity index is 320. The molecule has 1 N–H and O–H groups in total. The molecule has 13 heavy (non-hydrogen) atoms. The van der Waals surface area contributed by atoms with Crippen molar-refractivity contribution in [3.63, 3.8) is 0 Å². The molecular formula is C12H15N. The smallest absolute Gasteiger partial charge is 0.0517 e. The van der Waals surface area contributed by atoms with Gasteiger partial charge in [-0.25, -0.2) is 0 Å². The average Bonchev–Trinajstić information content (AvgIpc) is 2.56. The van der Waals surface area contributed by atoms with E-state index in [4.69, 9.17) is 0 Å². The maximum atomic E-state index is 3.62. The third kappa shape index (κ3) is 1.06. The van der Waals surface area contributed by atoms with Gasteiger partial charge in [-0.1, -0.05) is 18.2 Å². The summed E-state index contributed by atoms with van der Waals surface area (Å²) in [6, 6.07) is 0.643.